The summed E-state index contributed by atoms with van der Waals surface area (Å²) in [6.45, 7) is 0.404. The molecular weight excluding hydrogens is 316 g/mol. The van der Waals surface area contributed by atoms with E-state index in [0.717, 1.165) is 0 Å². The Kier molecular flexibility index (Phi) is 5.76. The molecule has 0 amide bonds. The number of sulfone groups is 1. The van der Waals surface area contributed by atoms with E-state index in [1.807, 2.05) is 30.3 Å². The highest BCUT2D eigenvalue weighted by Crippen LogP contribution is 2.10. The molecule has 0 aliphatic rings. The molecule has 0 atom stereocenters. The molecule has 0 aliphatic heterocycles. The fraction of sp³-hybridized carbons (Fsp3) is 0.235. The quantitative estimate of drug-likeness (QED) is 0.575. The lowest BCUT2D eigenvalue weighted by Gasteiger charge is -2.07. The van der Waals surface area contributed by atoms with Gasteiger partial charge >= 0.3 is 5.97 Å². The van der Waals surface area contributed by atoms with E-state index in [1.54, 1.807) is 24.3 Å². The van der Waals surface area contributed by atoms with Gasteiger partial charge in [-0.05, 0) is 29.8 Å². The van der Waals surface area contributed by atoms with E-state index in [0.29, 0.717) is 16.9 Å². The fourth-order valence-corrected chi connectivity index (χ4v) is 2.73. The van der Waals surface area contributed by atoms with Crippen molar-refractivity contribution in [2.45, 2.75) is 5.75 Å². The normalized spacial score (nSPS) is 11.0. The predicted molar refractivity (Wildman–Crippen MR) is 87.2 cm³/mol. The number of rotatable bonds is 7. The Balaban J connectivity index is 1.79. The predicted octanol–water partition coefficient (Wildman–Crippen LogP) is 2.47. The van der Waals surface area contributed by atoms with Gasteiger partial charge in [0.2, 0.25) is 0 Å². The van der Waals surface area contributed by atoms with E-state index >= 15 is 0 Å². The fourth-order valence-electron chi connectivity index (χ4n) is 1.93. The molecule has 23 heavy (non-hydrogen) atoms. The van der Waals surface area contributed by atoms with Crippen molar-refractivity contribution in [1.82, 2.24) is 0 Å². The Hall–Kier alpha value is -2.34. The van der Waals surface area contributed by atoms with Crippen molar-refractivity contribution in [2.24, 2.45) is 0 Å². The van der Waals surface area contributed by atoms with E-state index in [1.165, 1.54) is 6.26 Å². The molecule has 0 saturated carbocycles. The van der Waals surface area contributed by atoms with Gasteiger partial charge in [0.05, 0.1) is 11.3 Å². The van der Waals surface area contributed by atoms with Crippen LogP contribution in [0.25, 0.3) is 0 Å². The minimum Gasteiger partial charge on any atom is -0.490 e. The van der Waals surface area contributed by atoms with Crippen molar-refractivity contribution in [3.63, 3.8) is 0 Å². The average Bonchev–Trinajstić information content (AvgIpc) is 2.51. The summed E-state index contributed by atoms with van der Waals surface area (Å²) in [6, 6.07) is 15.6. The lowest BCUT2D eigenvalue weighted by Crippen LogP contribution is -2.12. The van der Waals surface area contributed by atoms with Gasteiger partial charge in [-0.15, -0.1) is 0 Å². The van der Waals surface area contributed by atoms with Gasteiger partial charge in [0, 0.05) is 6.26 Å². The monoisotopic (exact) mass is 334 g/mol. The van der Waals surface area contributed by atoms with Gasteiger partial charge in [-0.2, -0.15) is 0 Å². The third kappa shape index (κ3) is 6.12. The molecule has 0 bridgehead atoms. The Morgan fingerprint density at radius 3 is 2.22 bits per heavy atom. The second kappa shape index (κ2) is 7.78. The molecule has 0 aromatic heterocycles. The largest absolute Gasteiger partial charge is 0.490 e. The zero-order valence-electron chi connectivity index (χ0n) is 12.8. The zero-order valence-corrected chi connectivity index (χ0v) is 13.6. The molecule has 6 heteroatoms. The van der Waals surface area contributed by atoms with Crippen LogP contribution in [-0.4, -0.2) is 33.9 Å². The summed E-state index contributed by atoms with van der Waals surface area (Å²) in [4.78, 5) is 11.9. The Morgan fingerprint density at radius 1 is 0.957 bits per heavy atom. The minimum atomic E-state index is -3.09. The molecule has 0 saturated heterocycles. The summed E-state index contributed by atoms with van der Waals surface area (Å²) in [5, 5.41) is 0. The van der Waals surface area contributed by atoms with Crippen LogP contribution in [0.2, 0.25) is 0 Å². The van der Waals surface area contributed by atoms with Crippen LogP contribution in [0.4, 0.5) is 0 Å². The first-order valence-electron chi connectivity index (χ1n) is 7.06. The van der Waals surface area contributed by atoms with Crippen LogP contribution in [0.3, 0.4) is 0 Å². The number of hydrogen-bond acceptors (Lipinski definition) is 5. The molecule has 0 unspecified atom stereocenters. The smallest absolute Gasteiger partial charge is 0.338 e. The topological polar surface area (TPSA) is 69.7 Å². The lowest BCUT2D eigenvalue weighted by atomic mass is 10.1. The van der Waals surface area contributed by atoms with Crippen LogP contribution in [0, 0.1) is 0 Å². The molecule has 0 N–H and O–H groups in total. The first kappa shape index (κ1) is 17.0. The van der Waals surface area contributed by atoms with E-state index < -0.39 is 15.8 Å². The van der Waals surface area contributed by atoms with Crippen molar-refractivity contribution in [3.05, 3.63) is 65.7 Å². The van der Waals surface area contributed by atoms with Gasteiger partial charge in [0.1, 0.15) is 19.0 Å². The Labute approximate surface area is 135 Å². The number of hydrogen-bond donors (Lipinski definition) is 0. The molecule has 0 heterocycles. The van der Waals surface area contributed by atoms with Gasteiger partial charge in [0.15, 0.2) is 9.84 Å². The highest BCUT2D eigenvalue weighted by atomic mass is 32.2. The van der Waals surface area contributed by atoms with Gasteiger partial charge < -0.3 is 9.47 Å². The molecule has 2 rings (SSSR count). The van der Waals surface area contributed by atoms with Crippen molar-refractivity contribution in [2.75, 3.05) is 19.5 Å². The molecular formula is C17H18O5S. The third-order valence-corrected chi connectivity index (χ3v) is 3.80. The van der Waals surface area contributed by atoms with Crippen LogP contribution in [0.1, 0.15) is 15.9 Å². The van der Waals surface area contributed by atoms with E-state index in [2.05, 4.69) is 0 Å². The minimum absolute atomic E-state index is 0.0484. The average molecular weight is 334 g/mol. The molecule has 0 aliphatic carbocycles. The third-order valence-electron chi connectivity index (χ3n) is 2.95. The molecule has 2 aromatic carbocycles. The van der Waals surface area contributed by atoms with Gasteiger partial charge in [0.25, 0.3) is 0 Å². The first-order chi connectivity index (χ1) is 10.9. The molecule has 2 aromatic rings. The van der Waals surface area contributed by atoms with Crippen molar-refractivity contribution in [3.8, 4) is 5.75 Å². The van der Waals surface area contributed by atoms with Gasteiger partial charge in [-0.3, -0.25) is 0 Å². The molecule has 122 valence electrons. The maximum Gasteiger partial charge on any atom is 0.338 e. The second-order valence-electron chi connectivity index (χ2n) is 5.06. The van der Waals surface area contributed by atoms with E-state index in [-0.39, 0.29) is 19.0 Å². The van der Waals surface area contributed by atoms with E-state index in [9.17, 15) is 13.2 Å². The number of carbonyl (C=O) groups is 1. The number of esters is 1. The summed E-state index contributed by atoms with van der Waals surface area (Å²) < 4.78 is 32.9. The summed E-state index contributed by atoms with van der Waals surface area (Å²) >= 11 is 0. The summed E-state index contributed by atoms with van der Waals surface area (Å²) in [5.74, 6) is 0.203. The lowest BCUT2D eigenvalue weighted by molar-refractivity contribution is 0.0450. The molecule has 0 spiro atoms. The van der Waals surface area contributed by atoms with Gasteiger partial charge in [-0.1, -0.05) is 30.3 Å². The summed E-state index contributed by atoms with van der Waals surface area (Å²) in [5.41, 5.74) is 1.01. The highest BCUT2D eigenvalue weighted by Gasteiger charge is 2.09. The Bertz CT molecular complexity index is 736. The maximum atomic E-state index is 11.9. The highest BCUT2D eigenvalue weighted by molar-refractivity contribution is 7.89. The van der Waals surface area contributed by atoms with Crippen LogP contribution in [0.15, 0.2) is 54.6 Å². The van der Waals surface area contributed by atoms with Gasteiger partial charge in [-0.25, -0.2) is 13.2 Å². The van der Waals surface area contributed by atoms with Crippen LogP contribution < -0.4 is 4.74 Å². The maximum absolute atomic E-state index is 11.9. The SMILES string of the molecule is CS(=O)(=O)Cc1ccc(C(=O)OCCOc2ccccc2)cc1. The van der Waals surface area contributed by atoms with Crippen LogP contribution in [0.5, 0.6) is 5.75 Å². The van der Waals surface area contributed by atoms with E-state index in [4.69, 9.17) is 9.47 Å². The summed E-state index contributed by atoms with van der Waals surface area (Å²) in [7, 11) is -3.09. The standard InChI is InChI=1S/C17H18O5S/c1-23(19,20)13-14-7-9-15(10-8-14)17(18)22-12-11-21-16-5-3-2-4-6-16/h2-10H,11-13H2,1H3. The second-order valence-corrected chi connectivity index (χ2v) is 7.20. The first-order valence-corrected chi connectivity index (χ1v) is 9.12. The number of carbonyl (C=O) groups excluding carboxylic acids is 1. The number of ether oxygens (including phenoxy) is 2. The Morgan fingerprint density at radius 2 is 1.61 bits per heavy atom. The molecule has 5 nitrogen and oxygen atoms in total. The number of para-hydroxylation sites is 1. The van der Waals surface area contributed by atoms with Crippen molar-refractivity contribution < 1.29 is 22.7 Å². The van der Waals surface area contributed by atoms with Crippen LogP contribution >= 0.6 is 0 Å². The number of benzene rings is 2. The zero-order chi connectivity index (χ0) is 16.7. The van der Waals surface area contributed by atoms with Crippen molar-refractivity contribution >= 4 is 15.8 Å². The van der Waals surface area contributed by atoms with Crippen molar-refractivity contribution in [1.29, 1.82) is 0 Å². The molecule has 0 fully saturated rings. The van der Waals surface area contributed by atoms with Crippen LogP contribution in [-0.2, 0) is 20.3 Å². The molecule has 0 radical (unpaired) electrons. The summed E-state index contributed by atoms with van der Waals surface area (Å²) in [6.07, 6.45) is 1.17.